The van der Waals surface area contributed by atoms with Gasteiger partial charge in [-0.15, -0.1) is 0 Å². The Labute approximate surface area is 131 Å². The van der Waals surface area contributed by atoms with Gasteiger partial charge < -0.3 is 10.1 Å². The molecule has 2 rings (SSSR count). The quantitative estimate of drug-likeness (QED) is 0.878. The van der Waals surface area contributed by atoms with Gasteiger partial charge >= 0.3 is 5.97 Å². The molecule has 0 atom stereocenters. The number of nitrogens with one attached hydrogen (secondary N) is 1. The van der Waals surface area contributed by atoms with Crippen LogP contribution in [0.15, 0.2) is 42.5 Å². The molecule has 22 heavy (non-hydrogen) atoms. The molecule has 1 N–H and O–H groups in total. The first-order valence-corrected chi connectivity index (χ1v) is 6.80. The second kappa shape index (κ2) is 7.04. The highest BCUT2D eigenvalue weighted by molar-refractivity contribution is 6.31. The van der Waals surface area contributed by atoms with Gasteiger partial charge in [0.2, 0.25) is 5.91 Å². The molecule has 0 fully saturated rings. The van der Waals surface area contributed by atoms with Crippen LogP contribution in [0.4, 0.5) is 10.1 Å². The molecular formula is C16H13ClFNO3. The van der Waals surface area contributed by atoms with Crippen molar-refractivity contribution in [3.05, 3.63) is 64.4 Å². The lowest BCUT2D eigenvalue weighted by Crippen LogP contribution is -2.16. The molecule has 6 heteroatoms. The zero-order valence-electron chi connectivity index (χ0n) is 11.7. The summed E-state index contributed by atoms with van der Waals surface area (Å²) in [6, 6.07) is 10.5. The summed E-state index contributed by atoms with van der Waals surface area (Å²) in [5.41, 5.74) is 0.857. The van der Waals surface area contributed by atoms with Crippen molar-refractivity contribution in [3.8, 4) is 0 Å². The van der Waals surface area contributed by atoms with Crippen LogP contribution in [0.5, 0.6) is 0 Å². The van der Waals surface area contributed by atoms with Gasteiger partial charge in [-0.2, -0.15) is 0 Å². The number of amides is 1. The first-order chi connectivity index (χ1) is 10.5. The number of methoxy groups -OCH3 is 1. The first-order valence-electron chi connectivity index (χ1n) is 6.42. The highest BCUT2D eigenvalue weighted by Crippen LogP contribution is 2.20. The summed E-state index contributed by atoms with van der Waals surface area (Å²) in [5, 5.41) is 2.79. The van der Waals surface area contributed by atoms with E-state index in [2.05, 4.69) is 10.1 Å². The number of hydrogen-bond acceptors (Lipinski definition) is 3. The van der Waals surface area contributed by atoms with Gasteiger partial charge in [-0.1, -0.05) is 23.7 Å². The average molecular weight is 322 g/mol. The topological polar surface area (TPSA) is 55.4 Å². The third kappa shape index (κ3) is 3.83. The van der Waals surface area contributed by atoms with Crippen LogP contribution in [-0.2, 0) is 16.0 Å². The Morgan fingerprint density at radius 2 is 1.95 bits per heavy atom. The molecule has 0 heterocycles. The van der Waals surface area contributed by atoms with Crippen molar-refractivity contribution < 1.29 is 18.7 Å². The molecule has 4 nitrogen and oxygen atoms in total. The predicted molar refractivity (Wildman–Crippen MR) is 81.5 cm³/mol. The summed E-state index contributed by atoms with van der Waals surface area (Å²) in [5.74, 6) is -1.48. The van der Waals surface area contributed by atoms with Gasteiger partial charge in [0, 0.05) is 16.3 Å². The van der Waals surface area contributed by atoms with Crippen LogP contribution < -0.4 is 5.32 Å². The number of anilines is 1. The van der Waals surface area contributed by atoms with E-state index in [9.17, 15) is 14.0 Å². The van der Waals surface area contributed by atoms with E-state index in [-0.39, 0.29) is 17.0 Å². The second-order valence-electron chi connectivity index (χ2n) is 4.50. The molecule has 0 spiro atoms. The van der Waals surface area contributed by atoms with E-state index in [1.165, 1.54) is 31.4 Å². The maximum atomic E-state index is 13.6. The standard InChI is InChI=1S/C16H13ClFNO3/c1-22-16(21)10-4-2-5-11(8-10)19-15(20)9-12-13(17)6-3-7-14(12)18/h2-8H,9H2,1H3,(H,19,20). The molecule has 0 bridgehead atoms. The van der Waals surface area contributed by atoms with Crippen LogP contribution in [0.3, 0.4) is 0 Å². The number of esters is 1. The van der Waals surface area contributed by atoms with Crippen LogP contribution in [0.25, 0.3) is 0 Å². The minimum atomic E-state index is -0.536. The van der Waals surface area contributed by atoms with Crippen molar-refractivity contribution in [2.75, 3.05) is 12.4 Å². The number of hydrogen-bond donors (Lipinski definition) is 1. The number of halogens is 2. The normalized spacial score (nSPS) is 10.1. The minimum absolute atomic E-state index is 0.130. The summed E-state index contributed by atoms with van der Waals surface area (Å²) < 4.78 is 18.2. The lowest BCUT2D eigenvalue weighted by molar-refractivity contribution is -0.115. The van der Waals surface area contributed by atoms with Gasteiger partial charge in [0.1, 0.15) is 5.82 Å². The maximum Gasteiger partial charge on any atom is 0.337 e. The largest absolute Gasteiger partial charge is 0.465 e. The smallest absolute Gasteiger partial charge is 0.337 e. The highest BCUT2D eigenvalue weighted by atomic mass is 35.5. The Balaban J connectivity index is 2.11. The highest BCUT2D eigenvalue weighted by Gasteiger charge is 2.13. The van der Waals surface area contributed by atoms with E-state index in [0.717, 1.165) is 0 Å². The third-order valence-corrected chi connectivity index (χ3v) is 3.32. The SMILES string of the molecule is COC(=O)c1cccc(NC(=O)Cc2c(F)cccc2Cl)c1. The Bertz CT molecular complexity index is 698. The van der Waals surface area contributed by atoms with E-state index in [1.54, 1.807) is 18.2 Å². The van der Waals surface area contributed by atoms with Crippen LogP contribution >= 0.6 is 11.6 Å². The van der Waals surface area contributed by atoms with Gasteiger partial charge in [0.15, 0.2) is 0 Å². The molecule has 0 aliphatic rings. The van der Waals surface area contributed by atoms with Crippen LogP contribution in [-0.4, -0.2) is 19.0 Å². The molecule has 0 saturated heterocycles. The zero-order chi connectivity index (χ0) is 16.1. The average Bonchev–Trinajstić information content (AvgIpc) is 2.50. The fourth-order valence-corrected chi connectivity index (χ4v) is 2.14. The lowest BCUT2D eigenvalue weighted by Gasteiger charge is -2.08. The molecule has 0 aromatic heterocycles. The summed E-state index contributed by atoms with van der Waals surface area (Å²) in [7, 11) is 1.27. The van der Waals surface area contributed by atoms with Gasteiger partial charge in [0.25, 0.3) is 0 Å². The Morgan fingerprint density at radius 3 is 2.64 bits per heavy atom. The molecule has 2 aromatic rings. The molecular weight excluding hydrogens is 309 g/mol. The van der Waals surface area contributed by atoms with E-state index in [0.29, 0.717) is 11.3 Å². The van der Waals surface area contributed by atoms with E-state index in [1.807, 2.05) is 0 Å². The molecule has 0 saturated carbocycles. The fourth-order valence-electron chi connectivity index (χ4n) is 1.91. The molecule has 2 aromatic carbocycles. The Hall–Kier alpha value is -2.40. The zero-order valence-corrected chi connectivity index (χ0v) is 12.5. The van der Waals surface area contributed by atoms with E-state index < -0.39 is 17.7 Å². The summed E-state index contributed by atoms with van der Waals surface area (Å²) in [6.45, 7) is 0. The molecule has 0 aliphatic carbocycles. The van der Waals surface area contributed by atoms with E-state index in [4.69, 9.17) is 11.6 Å². The lowest BCUT2D eigenvalue weighted by atomic mass is 10.1. The number of benzene rings is 2. The van der Waals surface area contributed by atoms with Gasteiger partial charge in [0.05, 0.1) is 19.1 Å². The second-order valence-corrected chi connectivity index (χ2v) is 4.90. The number of carbonyl (C=O) groups excluding carboxylic acids is 2. The number of carbonyl (C=O) groups is 2. The summed E-state index contributed by atoms with van der Waals surface area (Å²) >= 11 is 5.88. The van der Waals surface area contributed by atoms with Crippen molar-refractivity contribution in [1.29, 1.82) is 0 Å². The monoisotopic (exact) mass is 321 g/mol. The fraction of sp³-hybridized carbons (Fsp3) is 0.125. The third-order valence-electron chi connectivity index (χ3n) is 2.97. The predicted octanol–water partition coefficient (Wildman–Crippen LogP) is 3.45. The van der Waals surface area contributed by atoms with Gasteiger partial charge in [-0.25, -0.2) is 9.18 Å². The van der Waals surface area contributed by atoms with Crippen LogP contribution in [0.1, 0.15) is 15.9 Å². The molecule has 0 unspecified atom stereocenters. The number of rotatable bonds is 4. The van der Waals surface area contributed by atoms with Crippen molar-refractivity contribution in [3.63, 3.8) is 0 Å². The van der Waals surface area contributed by atoms with E-state index >= 15 is 0 Å². The molecule has 0 aliphatic heterocycles. The minimum Gasteiger partial charge on any atom is -0.465 e. The van der Waals surface area contributed by atoms with Gasteiger partial charge in [-0.05, 0) is 30.3 Å². The number of ether oxygens (including phenoxy) is 1. The van der Waals surface area contributed by atoms with Crippen molar-refractivity contribution >= 4 is 29.2 Å². The summed E-state index contributed by atoms with van der Waals surface area (Å²) in [4.78, 5) is 23.4. The van der Waals surface area contributed by atoms with Crippen LogP contribution in [0.2, 0.25) is 5.02 Å². The maximum absolute atomic E-state index is 13.6. The first kappa shape index (κ1) is 16.0. The Kier molecular flexibility index (Phi) is 5.12. The van der Waals surface area contributed by atoms with Crippen LogP contribution in [0, 0.1) is 5.82 Å². The molecule has 0 radical (unpaired) electrons. The summed E-state index contributed by atoms with van der Waals surface area (Å²) in [6.07, 6.45) is -0.200. The van der Waals surface area contributed by atoms with Crippen molar-refractivity contribution in [1.82, 2.24) is 0 Å². The van der Waals surface area contributed by atoms with Crippen molar-refractivity contribution in [2.24, 2.45) is 0 Å². The van der Waals surface area contributed by atoms with Gasteiger partial charge in [-0.3, -0.25) is 4.79 Å². The Morgan fingerprint density at radius 1 is 1.23 bits per heavy atom. The van der Waals surface area contributed by atoms with Crippen molar-refractivity contribution in [2.45, 2.75) is 6.42 Å². The molecule has 114 valence electrons. The molecule has 1 amide bonds.